The highest BCUT2D eigenvalue weighted by atomic mass is 14.7. The van der Waals surface area contributed by atoms with Gasteiger partial charge in [0.05, 0.1) is 0 Å². The molecule has 0 spiro atoms. The highest BCUT2D eigenvalue weighted by Gasteiger charge is 2.35. The maximum Gasteiger partial charge on any atom is 0.0108 e. The summed E-state index contributed by atoms with van der Waals surface area (Å²) in [5.41, 5.74) is 9.70. The molecule has 0 radical (unpaired) electrons. The van der Waals surface area contributed by atoms with Crippen LogP contribution in [0.3, 0.4) is 0 Å². The van der Waals surface area contributed by atoms with Gasteiger partial charge in [-0.05, 0) is 54.1 Å². The average molecular weight is 259 g/mol. The van der Waals surface area contributed by atoms with Crippen molar-refractivity contribution < 1.29 is 0 Å². The highest BCUT2D eigenvalue weighted by Crippen LogP contribution is 2.43. The minimum Gasteiger partial charge on any atom is -0.327 e. The summed E-state index contributed by atoms with van der Waals surface area (Å²) in [6.45, 7) is 9.33. The number of benzene rings is 1. The molecule has 19 heavy (non-hydrogen) atoms. The highest BCUT2D eigenvalue weighted by molar-refractivity contribution is 5.28. The summed E-state index contributed by atoms with van der Waals surface area (Å²) in [4.78, 5) is 0. The Balaban J connectivity index is 2.21. The molecule has 2 N–H and O–H groups in total. The second-order valence-electron chi connectivity index (χ2n) is 7.24. The van der Waals surface area contributed by atoms with Crippen LogP contribution in [0.25, 0.3) is 0 Å². The van der Waals surface area contributed by atoms with Crippen LogP contribution in [0.2, 0.25) is 0 Å². The van der Waals surface area contributed by atoms with E-state index >= 15 is 0 Å². The standard InChI is InChI=1S/C18H29N/c1-5-13-7-6-8-14(11-13)16-12-15(18(2,3)4)9-10-17(16)19/h6-8,11,15-17H,5,9-10,12,19H2,1-4H3. The third-order valence-corrected chi connectivity index (χ3v) is 4.92. The molecule has 106 valence electrons. The Hall–Kier alpha value is -0.820. The van der Waals surface area contributed by atoms with Crippen LogP contribution in [0.4, 0.5) is 0 Å². The van der Waals surface area contributed by atoms with E-state index in [1.54, 1.807) is 0 Å². The van der Waals surface area contributed by atoms with Crippen LogP contribution in [0.1, 0.15) is 64.0 Å². The molecule has 1 nitrogen and oxygen atoms in total. The monoisotopic (exact) mass is 259 g/mol. The van der Waals surface area contributed by atoms with E-state index in [2.05, 4.69) is 52.0 Å². The van der Waals surface area contributed by atoms with Crippen LogP contribution in [0, 0.1) is 11.3 Å². The number of aryl methyl sites for hydroxylation is 1. The average Bonchev–Trinajstić information content (AvgIpc) is 2.38. The van der Waals surface area contributed by atoms with Crippen LogP contribution >= 0.6 is 0 Å². The van der Waals surface area contributed by atoms with Gasteiger partial charge in [0.1, 0.15) is 0 Å². The predicted octanol–water partition coefficient (Wildman–Crippen LogP) is 4.51. The number of hydrogen-bond acceptors (Lipinski definition) is 1. The molecule has 0 heterocycles. The minimum atomic E-state index is 0.339. The van der Waals surface area contributed by atoms with Gasteiger partial charge < -0.3 is 5.73 Å². The van der Waals surface area contributed by atoms with Gasteiger partial charge in [0.15, 0.2) is 0 Å². The first-order valence-electron chi connectivity index (χ1n) is 7.76. The molecule has 0 saturated heterocycles. The zero-order valence-electron chi connectivity index (χ0n) is 12.9. The van der Waals surface area contributed by atoms with Crippen molar-refractivity contribution in [3.05, 3.63) is 35.4 Å². The van der Waals surface area contributed by atoms with E-state index < -0.39 is 0 Å². The maximum absolute atomic E-state index is 6.41. The lowest BCUT2D eigenvalue weighted by atomic mass is 9.66. The van der Waals surface area contributed by atoms with Crippen LogP contribution in [-0.4, -0.2) is 6.04 Å². The first kappa shape index (κ1) is 14.6. The molecule has 1 aliphatic rings. The van der Waals surface area contributed by atoms with Crippen molar-refractivity contribution in [2.75, 3.05) is 0 Å². The first-order valence-corrected chi connectivity index (χ1v) is 7.76. The Morgan fingerprint density at radius 3 is 2.58 bits per heavy atom. The second kappa shape index (κ2) is 5.66. The molecule has 3 atom stereocenters. The number of nitrogens with two attached hydrogens (primary N) is 1. The van der Waals surface area contributed by atoms with Gasteiger partial charge in [-0.2, -0.15) is 0 Å². The van der Waals surface area contributed by atoms with Crippen LogP contribution in [-0.2, 0) is 6.42 Å². The SMILES string of the molecule is CCc1cccc(C2CC(C(C)(C)C)CCC2N)c1. The Labute approximate surface area is 118 Å². The van der Waals surface area contributed by atoms with E-state index in [1.165, 1.54) is 30.4 Å². The molecular weight excluding hydrogens is 230 g/mol. The summed E-state index contributed by atoms with van der Waals surface area (Å²) >= 11 is 0. The minimum absolute atomic E-state index is 0.339. The third-order valence-electron chi connectivity index (χ3n) is 4.92. The predicted molar refractivity (Wildman–Crippen MR) is 83.3 cm³/mol. The third kappa shape index (κ3) is 3.39. The molecule has 1 aliphatic carbocycles. The van der Waals surface area contributed by atoms with Gasteiger partial charge in [-0.3, -0.25) is 0 Å². The maximum atomic E-state index is 6.41. The van der Waals surface area contributed by atoms with Crippen molar-refractivity contribution in [3.63, 3.8) is 0 Å². The van der Waals surface area contributed by atoms with E-state index in [0.717, 1.165) is 12.3 Å². The number of rotatable bonds is 2. The lowest BCUT2D eigenvalue weighted by Gasteiger charge is -2.41. The fraction of sp³-hybridized carbons (Fsp3) is 0.667. The summed E-state index contributed by atoms with van der Waals surface area (Å²) in [6, 6.07) is 9.40. The van der Waals surface area contributed by atoms with E-state index in [1.807, 2.05) is 0 Å². The molecule has 1 fully saturated rings. The number of hydrogen-bond donors (Lipinski definition) is 1. The normalized spacial score (nSPS) is 28.4. The van der Waals surface area contributed by atoms with E-state index in [0.29, 0.717) is 17.4 Å². The summed E-state index contributed by atoms with van der Waals surface area (Å²) in [7, 11) is 0. The first-order chi connectivity index (χ1) is 8.91. The lowest BCUT2D eigenvalue weighted by molar-refractivity contribution is 0.154. The fourth-order valence-electron chi connectivity index (χ4n) is 3.41. The zero-order chi connectivity index (χ0) is 14.0. The Kier molecular flexibility index (Phi) is 4.35. The topological polar surface area (TPSA) is 26.0 Å². The van der Waals surface area contributed by atoms with Gasteiger partial charge in [0, 0.05) is 6.04 Å². The molecule has 0 amide bonds. The van der Waals surface area contributed by atoms with Crippen LogP contribution in [0.15, 0.2) is 24.3 Å². The van der Waals surface area contributed by atoms with Crippen molar-refractivity contribution in [2.45, 2.75) is 65.3 Å². The van der Waals surface area contributed by atoms with Gasteiger partial charge in [0.25, 0.3) is 0 Å². The van der Waals surface area contributed by atoms with Crippen LogP contribution < -0.4 is 5.73 Å². The summed E-state index contributed by atoms with van der Waals surface area (Å²) in [5.74, 6) is 1.34. The van der Waals surface area contributed by atoms with Gasteiger partial charge >= 0.3 is 0 Å². The Morgan fingerprint density at radius 2 is 1.95 bits per heavy atom. The van der Waals surface area contributed by atoms with Crippen LogP contribution in [0.5, 0.6) is 0 Å². The zero-order valence-corrected chi connectivity index (χ0v) is 12.9. The molecule has 0 aliphatic heterocycles. The summed E-state index contributed by atoms with van der Waals surface area (Å²) in [6.07, 6.45) is 4.81. The molecule has 1 heteroatoms. The Bertz CT molecular complexity index is 416. The van der Waals surface area contributed by atoms with Gasteiger partial charge in [-0.15, -0.1) is 0 Å². The molecule has 1 aromatic carbocycles. The Morgan fingerprint density at radius 1 is 1.21 bits per heavy atom. The van der Waals surface area contributed by atoms with E-state index in [-0.39, 0.29) is 0 Å². The lowest BCUT2D eigenvalue weighted by Crippen LogP contribution is -2.38. The van der Waals surface area contributed by atoms with Gasteiger partial charge in [-0.1, -0.05) is 52.0 Å². The molecule has 3 unspecified atom stereocenters. The van der Waals surface area contributed by atoms with Crippen molar-refractivity contribution in [2.24, 2.45) is 17.1 Å². The molecule has 0 aromatic heterocycles. The summed E-state index contributed by atoms with van der Waals surface area (Å²) in [5, 5.41) is 0. The second-order valence-corrected chi connectivity index (χ2v) is 7.24. The van der Waals surface area contributed by atoms with Crippen molar-refractivity contribution in [1.82, 2.24) is 0 Å². The van der Waals surface area contributed by atoms with E-state index in [9.17, 15) is 0 Å². The molecule has 1 aromatic rings. The smallest absolute Gasteiger partial charge is 0.0108 e. The molecule has 1 saturated carbocycles. The van der Waals surface area contributed by atoms with Crippen molar-refractivity contribution >= 4 is 0 Å². The van der Waals surface area contributed by atoms with Gasteiger partial charge in [0.2, 0.25) is 0 Å². The molecular formula is C18H29N. The fourth-order valence-corrected chi connectivity index (χ4v) is 3.41. The quantitative estimate of drug-likeness (QED) is 0.831. The van der Waals surface area contributed by atoms with Crippen molar-refractivity contribution in [3.8, 4) is 0 Å². The van der Waals surface area contributed by atoms with E-state index in [4.69, 9.17) is 5.73 Å². The molecule has 0 bridgehead atoms. The van der Waals surface area contributed by atoms with Gasteiger partial charge in [-0.25, -0.2) is 0 Å². The summed E-state index contributed by atoms with van der Waals surface area (Å²) < 4.78 is 0. The van der Waals surface area contributed by atoms with Crippen molar-refractivity contribution in [1.29, 1.82) is 0 Å². The molecule has 2 rings (SSSR count). The largest absolute Gasteiger partial charge is 0.327 e.